The minimum atomic E-state index is -1.11. The number of hydrogen-bond acceptors (Lipinski definition) is 6. The maximum atomic E-state index is 12.4. The van der Waals surface area contributed by atoms with Gasteiger partial charge in [0.25, 0.3) is 5.91 Å². The number of pyridine rings is 1. The molecule has 8 nitrogen and oxygen atoms in total. The van der Waals surface area contributed by atoms with Crippen molar-refractivity contribution in [1.82, 2.24) is 19.9 Å². The Labute approximate surface area is 138 Å². The number of rotatable bonds is 4. The summed E-state index contributed by atoms with van der Waals surface area (Å²) in [6, 6.07) is 4.81. The maximum absolute atomic E-state index is 12.4. The molecule has 0 radical (unpaired) electrons. The van der Waals surface area contributed by atoms with Gasteiger partial charge < -0.3 is 25.2 Å². The highest BCUT2D eigenvalue weighted by molar-refractivity contribution is 5.93. The van der Waals surface area contributed by atoms with Crippen LogP contribution in [-0.4, -0.2) is 60.6 Å². The summed E-state index contributed by atoms with van der Waals surface area (Å²) in [7, 11) is 1.77. The third-order valence-corrected chi connectivity index (χ3v) is 4.36. The molecular formula is C16H20N4O4. The molecule has 0 spiro atoms. The standard InChI is InChI=1S/C16H20N4O4/c1-20-7-12(18-15(20)10-4-2-3-5-17-10)16(24)19-11-6-9(8-21)13(22)14(11)23/h2-5,7,9,11,13-14,21-23H,6,8H2,1H3,(H,19,24)/t9-,11-,13-,14+/m1/s1. The van der Waals surface area contributed by atoms with Gasteiger partial charge in [-0.05, 0) is 18.6 Å². The van der Waals surface area contributed by atoms with Crippen molar-refractivity contribution < 1.29 is 20.1 Å². The van der Waals surface area contributed by atoms with Crippen molar-refractivity contribution in [2.75, 3.05) is 6.61 Å². The monoisotopic (exact) mass is 332 g/mol. The summed E-state index contributed by atoms with van der Waals surface area (Å²) >= 11 is 0. The van der Waals surface area contributed by atoms with Gasteiger partial charge in [-0.3, -0.25) is 9.78 Å². The predicted octanol–water partition coefficient (Wildman–Crippen LogP) is -0.685. The first-order valence-corrected chi connectivity index (χ1v) is 7.74. The smallest absolute Gasteiger partial charge is 0.271 e. The van der Waals surface area contributed by atoms with E-state index in [1.165, 1.54) is 0 Å². The highest BCUT2D eigenvalue weighted by Crippen LogP contribution is 2.26. The van der Waals surface area contributed by atoms with Crippen molar-refractivity contribution in [2.24, 2.45) is 13.0 Å². The fourth-order valence-corrected chi connectivity index (χ4v) is 3.00. The molecule has 1 amide bonds. The van der Waals surface area contributed by atoms with Crippen molar-refractivity contribution in [2.45, 2.75) is 24.7 Å². The lowest BCUT2D eigenvalue weighted by molar-refractivity contribution is 0.000118. The number of carbonyl (C=O) groups is 1. The molecule has 128 valence electrons. The quantitative estimate of drug-likeness (QED) is 0.588. The molecule has 4 atom stereocenters. The Morgan fingerprint density at radius 1 is 1.38 bits per heavy atom. The van der Waals surface area contributed by atoms with Crippen LogP contribution >= 0.6 is 0 Å². The topological polar surface area (TPSA) is 121 Å². The molecule has 2 aromatic heterocycles. The molecule has 3 rings (SSSR count). The molecule has 24 heavy (non-hydrogen) atoms. The highest BCUT2D eigenvalue weighted by Gasteiger charge is 2.41. The fourth-order valence-electron chi connectivity index (χ4n) is 3.00. The van der Waals surface area contributed by atoms with Gasteiger partial charge in [0, 0.05) is 32.0 Å². The molecule has 1 aliphatic rings. The van der Waals surface area contributed by atoms with Gasteiger partial charge in [-0.25, -0.2) is 4.98 Å². The van der Waals surface area contributed by atoms with Crippen molar-refractivity contribution in [3.63, 3.8) is 0 Å². The molecule has 1 fully saturated rings. The van der Waals surface area contributed by atoms with Crippen LogP contribution in [0.2, 0.25) is 0 Å². The minimum absolute atomic E-state index is 0.201. The maximum Gasteiger partial charge on any atom is 0.271 e. The number of aliphatic hydroxyl groups is 3. The van der Waals surface area contributed by atoms with E-state index >= 15 is 0 Å². The van der Waals surface area contributed by atoms with E-state index in [4.69, 9.17) is 0 Å². The van der Waals surface area contributed by atoms with Crippen molar-refractivity contribution in [3.8, 4) is 11.5 Å². The second kappa shape index (κ2) is 6.68. The second-order valence-electron chi connectivity index (χ2n) is 6.02. The van der Waals surface area contributed by atoms with E-state index < -0.39 is 30.1 Å². The third kappa shape index (κ3) is 3.03. The molecule has 4 N–H and O–H groups in total. The molecule has 2 aromatic rings. The van der Waals surface area contributed by atoms with Gasteiger partial charge in [0.15, 0.2) is 5.82 Å². The number of imidazole rings is 1. The van der Waals surface area contributed by atoms with Crippen LogP contribution in [0.3, 0.4) is 0 Å². The summed E-state index contributed by atoms with van der Waals surface area (Å²) in [5, 5.41) is 31.7. The Kier molecular flexibility index (Phi) is 4.61. The van der Waals surface area contributed by atoms with E-state index in [2.05, 4.69) is 15.3 Å². The van der Waals surface area contributed by atoms with E-state index in [1.54, 1.807) is 36.1 Å². The summed E-state index contributed by atoms with van der Waals surface area (Å²) in [6.45, 7) is -0.238. The molecule has 0 bridgehead atoms. The first-order valence-electron chi connectivity index (χ1n) is 7.74. The number of nitrogens with zero attached hydrogens (tertiary/aromatic N) is 3. The number of carbonyl (C=O) groups excluding carboxylic acids is 1. The number of hydrogen-bond donors (Lipinski definition) is 4. The first-order chi connectivity index (χ1) is 11.5. The van der Waals surface area contributed by atoms with Crippen LogP contribution in [0.4, 0.5) is 0 Å². The summed E-state index contributed by atoms with van der Waals surface area (Å²) in [5.74, 6) is -0.332. The summed E-state index contributed by atoms with van der Waals surface area (Å²) in [4.78, 5) is 20.9. The summed E-state index contributed by atoms with van der Waals surface area (Å²) in [5.41, 5.74) is 0.850. The van der Waals surface area contributed by atoms with Crippen LogP contribution in [-0.2, 0) is 7.05 Å². The Morgan fingerprint density at radius 2 is 2.17 bits per heavy atom. The molecular weight excluding hydrogens is 312 g/mol. The molecule has 0 saturated heterocycles. The van der Waals surface area contributed by atoms with E-state index in [0.29, 0.717) is 17.9 Å². The normalized spacial score (nSPS) is 26.5. The Balaban J connectivity index is 1.75. The Morgan fingerprint density at radius 3 is 2.79 bits per heavy atom. The zero-order valence-corrected chi connectivity index (χ0v) is 13.2. The first kappa shape index (κ1) is 16.6. The number of nitrogens with one attached hydrogen (secondary N) is 1. The van der Waals surface area contributed by atoms with Gasteiger partial charge in [-0.2, -0.15) is 0 Å². The molecule has 0 aliphatic heterocycles. The van der Waals surface area contributed by atoms with Gasteiger partial charge >= 0.3 is 0 Å². The minimum Gasteiger partial charge on any atom is -0.396 e. The largest absolute Gasteiger partial charge is 0.396 e. The summed E-state index contributed by atoms with van der Waals surface area (Å²) < 4.78 is 1.70. The number of aromatic nitrogens is 3. The Bertz CT molecular complexity index is 718. The predicted molar refractivity (Wildman–Crippen MR) is 84.9 cm³/mol. The van der Waals surface area contributed by atoms with Gasteiger partial charge in [-0.15, -0.1) is 0 Å². The van der Waals surface area contributed by atoms with Crippen molar-refractivity contribution in [3.05, 3.63) is 36.3 Å². The van der Waals surface area contributed by atoms with Crippen LogP contribution in [0.5, 0.6) is 0 Å². The van der Waals surface area contributed by atoms with Crippen LogP contribution in [0.1, 0.15) is 16.9 Å². The van der Waals surface area contributed by atoms with Gasteiger partial charge in [0.05, 0.1) is 12.1 Å². The number of aryl methyl sites for hydroxylation is 1. The zero-order valence-electron chi connectivity index (χ0n) is 13.2. The fraction of sp³-hybridized carbons (Fsp3) is 0.438. The Hall–Kier alpha value is -2.29. The number of amides is 1. The van der Waals surface area contributed by atoms with E-state index in [1.807, 2.05) is 6.07 Å². The van der Waals surface area contributed by atoms with Crippen LogP contribution in [0.25, 0.3) is 11.5 Å². The van der Waals surface area contributed by atoms with Crippen molar-refractivity contribution in [1.29, 1.82) is 0 Å². The average Bonchev–Trinajstić information content (AvgIpc) is 3.11. The van der Waals surface area contributed by atoms with E-state index in [0.717, 1.165) is 0 Å². The molecule has 0 aromatic carbocycles. The SMILES string of the molecule is Cn1cc(C(=O)N[C@@H]2C[C@H](CO)[C@@H](O)[C@H]2O)nc1-c1ccccn1. The molecule has 8 heteroatoms. The summed E-state index contributed by atoms with van der Waals surface area (Å²) in [6.07, 6.45) is 1.39. The second-order valence-corrected chi connectivity index (χ2v) is 6.02. The molecule has 1 aliphatic carbocycles. The van der Waals surface area contributed by atoms with Crippen LogP contribution in [0.15, 0.2) is 30.6 Å². The molecule has 2 heterocycles. The van der Waals surface area contributed by atoms with Gasteiger partial charge in [0.1, 0.15) is 17.5 Å². The lowest BCUT2D eigenvalue weighted by atomic mass is 10.1. The lowest BCUT2D eigenvalue weighted by Crippen LogP contribution is -2.43. The number of aliphatic hydroxyl groups excluding tert-OH is 3. The molecule has 0 unspecified atom stereocenters. The molecule has 1 saturated carbocycles. The third-order valence-electron chi connectivity index (χ3n) is 4.36. The van der Waals surface area contributed by atoms with Crippen molar-refractivity contribution >= 4 is 5.91 Å². The highest BCUT2D eigenvalue weighted by atomic mass is 16.3. The van der Waals surface area contributed by atoms with Crippen LogP contribution < -0.4 is 5.32 Å². The van der Waals surface area contributed by atoms with E-state index in [9.17, 15) is 20.1 Å². The average molecular weight is 332 g/mol. The van der Waals surface area contributed by atoms with Gasteiger partial charge in [-0.1, -0.05) is 6.07 Å². The van der Waals surface area contributed by atoms with E-state index in [-0.39, 0.29) is 12.3 Å². The van der Waals surface area contributed by atoms with Gasteiger partial charge in [0.2, 0.25) is 0 Å². The lowest BCUT2D eigenvalue weighted by Gasteiger charge is -2.17. The zero-order chi connectivity index (χ0) is 17.3. The van der Waals surface area contributed by atoms with Crippen LogP contribution in [0, 0.1) is 5.92 Å².